The number of hydrogen-bond acceptors (Lipinski definition) is 2. The number of fused-ring (bicyclic) bond motifs is 1. The van der Waals surface area contributed by atoms with Gasteiger partial charge in [-0.15, -0.1) is 0 Å². The van der Waals surface area contributed by atoms with E-state index in [2.05, 4.69) is 27.3 Å². The van der Waals surface area contributed by atoms with E-state index in [9.17, 15) is 18.0 Å². The minimum atomic E-state index is -4.41. The van der Waals surface area contributed by atoms with Crippen molar-refractivity contribution in [2.75, 3.05) is 5.32 Å². The number of carbonyl (C=O) groups excluding carboxylic acids is 1. The Hall–Kier alpha value is -3.84. The van der Waals surface area contributed by atoms with Gasteiger partial charge in [-0.25, -0.2) is 0 Å². The molecular weight excluding hydrogens is 475 g/mol. The number of carbonyl (C=O) groups is 1. The first-order chi connectivity index (χ1) is 17.7. The number of alkyl halides is 3. The highest BCUT2D eigenvalue weighted by Gasteiger charge is 2.30. The molecule has 7 heteroatoms. The third-order valence-corrected chi connectivity index (χ3v) is 7.04. The van der Waals surface area contributed by atoms with Gasteiger partial charge < -0.3 is 15.2 Å². The van der Waals surface area contributed by atoms with Gasteiger partial charge in [0.15, 0.2) is 0 Å². The van der Waals surface area contributed by atoms with Crippen molar-refractivity contribution >= 4 is 11.6 Å². The molecule has 1 aliphatic carbocycles. The second-order valence-corrected chi connectivity index (χ2v) is 9.61. The fourth-order valence-corrected chi connectivity index (χ4v) is 5.03. The molecule has 4 nitrogen and oxygen atoms in total. The monoisotopic (exact) mass is 503 g/mol. The molecule has 3 aromatic carbocycles. The summed E-state index contributed by atoms with van der Waals surface area (Å²) in [6.07, 6.45) is -0.560. The summed E-state index contributed by atoms with van der Waals surface area (Å²) in [6, 6.07) is 20.7. The van der Waals surface area contributed by atoms with Crippen LogP contribution in [0.25, 0.3) is 11.1 Å². The Bertz CT molecular complexity index is 1440. The molecule has 0 unspecified atom stereocenters. The number of halogens is 3. The molecule has 1 atom stereocenters. The highest BCUT2D eigenvalue weighted by molar-refractivity contribution is 6.09. The number of aryl methyl sites for hydroxylation is 2. The van der Waals surface area contributed by atoms with Gasteiger partial charge in [0.05, 0.1) is 5.56 Å². The fourth-order valence-electron chi connectivity index (χ4n) is 5.03. The van der Waals surface area contributed by atoms with Crippen molar-refractivity contribution in [3.63, 3.8) is 0 Å². The molecule has 4 aromatic rings. The van der Waals surface area contributed by atoms with E-state index in [4.69, 9.17) is 0 Å². The number of nitrogens with zero attached hydrogens (tertiary/aromatic N) is 1. The molecule has 0 spiro atoms. The van der Waals surface area contributed by atoms with Crippen LogP contribution in [0.15, 0.2) is 79.0 Å². The van der Waals surface area contributed by atoms with Crippen molar-refractivity contribution in [1.82, 2.24) is 9.88 Å². The molecule has 1 amide bonds. The predicted octanol–water partition coefficient (Wildman–Crippen LogP) is 6.53. The maximum Gasteiger partial charge on any atom is 0.416 e. The zero-order chi connectivity index (χ0) is 26.2. The van der Waals surface area contributed by atoms with E-state index >= 15 is 0 Å². The van der Waals surface area contributed by atoms with Gasteiger partial charge >= 0.3 is 6.18 Å². The van der Waals surface area contributed by atoms with Gasteiger partial charge in [0.1, 0.15) is 0 Å². The molecular formula is C30H28F3N3O. The Balaban J connectivity index is 1.31. The van der Waals surface area contributed by atoms with Crippen molar-refractivity contribution in [2.45, 2.75) is 38.5 Å². The zero-order valence-corrected chi connectivity index (χ0v) is 20.7. The van der Waals surface area contributed by atoms with Crippen LogP contribution in [0.5, 0.6) is 0 Å². The van der Waals surface area contributed by atoms with E-state index in [-0.39, 0.29) is 5.91 Å². The van der Waals surface area contributed by atoms with Crippen LogP contribution in [0.4, 0.5) is 18.9 Å². The second kappa shape index (κ2) is 9.90. The van der Waals surface area contributed by atoms with Crippen LogP contribution in [0.1, 0.15) is 38.3 Å². The third-order valence-electron chi connectivity index (χ3n) is 7.04. The van der Waals surface area contributed by atoms with Crippen LogP contribution in [0.3, 0.4) is 0 Å². The maximum absolute atomic E-state index is 13.3. The van der Waals surface area contributed by atoms with Crippen LogP contribution < -0.4 is 10.6 Å². The maximum atomic E-state index is 13.3. The van der Waals surface area contributed by atoms with Crippen LogP contribution >= 0.6 is 0 Å². The first kappa shape index (κ1) is 24.8. The van der Waals surface area contributed by atoms with Gasteiger partial charge in [-0.05, 0) is 90.0 Å². The molecule has 0 bridgehead atoms. The molecule has 1 aromatic heterocycles. The Morgan fingerprint density at radius 3 is 2.43 bits per heavy atom. The fraction of sp³-hybridized carbons (Fsp3) is 0.233. The zero-order valence-electron chi connectivity index (χ0n) is 20.7. The van der Waals surface area contributed by atoms with Crippen molar-refractivity contribution in [2.24, 2.45) is 7.05 Å². The minimum Gasteiger partial charge on any atom is -0.353 e. The Kier molecular flexibility index (Phi) is 6.65. The average molecular weight is 504 g/mol. The number of benzene rings is 3. The lowest BCUT2D eigenvalue weighted by Gasteiger charge is -2.15. The number of anilines is 1. The van der Waals surface area contributed by atoms with Crippen molar-refractivity contribution in [3.05, 3.63) is 113 Å². The van der Waals surface area contributed by atoms with Gasteiger partial charge in [-0.2, -0.15) is 13.2 Å². The molecule has 2 N–H and O–H groups in total. The Morgan fingerprint density at radius 2 is 1.73 bits per heavy atom. The van der Waals surface area contributed by atoms with Gasteiger partial charge in [0.25, 0.3) is 5.91 Å². The number of aromatic nitrogens is 1. The lowest BCUT2D eigenvalue weighted by Crippen LogP contribution is -2.29. The summed E-state index contributed by atoms with van der Waals surface area (Å²) in [6.45, 7) is 2.65. The van der Waals surface area contributed by atoms with Gasteiger partial charge in [-0.1, -0.05) is 30.3 Å². The van der Waals surface area contributed by atoms with E-state index in [1.165, 1.54) is 29.0 Å². The first-order valence-electron chi connectivity index (χ1n) is 12.2. The molecule has 0 fully saturated rings. The summed E-state index contributed by atoms with van der Waals surface area (Å²) >= 11 is 0. The molecule has 37 heavy (non-hydrogen) atoms. The number of amides is 1. The molecule has 0 aliphatic heterocycles. The summed E-state index contributed by atoms with van der Waals surface area (Å²) in [5.74, 6) is -0.296. The van der Waals surface area contributed by atoms with Crippen LogP contribution in [0, 0.1) is 6.92 Å². The Labute approximate surface area is 214 Å². The minimum absolute atomic E-state index is 0.296. The highest BCUT2D eigenvalue weighted by atomic mass is 19.4. The quantitative estimate of drug-likeness (QED) is 0.314. The second-order valence-electron chi connectivity index (χ2n) is 9.61. The van der Waals surface area contributed by atoms with Crippen molar-refractivity contribution < 1.29 is 18.0 Å². The van der Waals surface area contributed by atoms with E-state index in [0.29, 0.717) is 28.4 Å². The number of hydrogen-bond donors (Lipinski definition) is 2. The first-order valence-corrected chi connectivity index (χ1v) is 12.2. The van der Waals surface area contributed by atoms with Crippen LogP contribution in [-0.2, 0) is 32.6 Å². The average Bonchev–Trinajstić information content (AvgIpc) is 3.47. The summed E-state index contributed by atoms with van der Waals surface area (Å²) in [5.41, 5.74) is 6.11. The van der Waals surface area contributed by atoms with Gasteiger partial charge in [0, 0.05) is 42.8 Å². The van der Waals surface area contributed by atoms with E-state index in [0.717, 1.165) is 37.1 Å². The molecule has 0 radical (unpaired) electrons. The van der Waals surface area contributed by atoms with Gasteiger partial charge in [-0.3, -0.25) is 4.79 Å². The van der Waals surface area contributed by atoms with Crippen molar-refractivity contribution in [3.8, 4) is 11.1 Å². The molecule has 190 valence electrons. The van der Waals surface area contributed by atoms with Crippen molar-refractivity contribution in [1.29, 1.82) is 0 Å². The molecule has 1 heterocycles. The summed E-state index contributed by atoms with van der Waals surface area (Å²) in [4.78, 5) is 13.3. The molecule has 1 aliphatic rings. The lowest BCUT2D eigenvalue weighted by molar-refractivity contribution is -0.137. The molecule has 0 saturated heterocycles. The lowest BCUT2D eigenvalue weighted by atomic mass is 9.93. The highest BCUT2D eigenvalue weighted by Crippen LogP contribution is 2.34. The van der Waals surface area contributed by atoms with Gasteiger partial charge in [0.2, 0.25) is 0 Å². The molecule has 5 rings (SSSR count). The number of nitrogens with one attached hydrogen (secondary N) is 2. The normalized spacial score (nSPS) is 15.0. The largest absolute Gasteiger partial charge is 0.416 e. The smallest absolute Gasteiger partial charge is 0.353 e. The Morgan fingerprint density at radius 1 is 0.973 bits per heavy atom. The number of rotatable bonds is 6. The predicted molar refractivity (Wildman–Crippen MR) is 139 cm³/mol. The summed E-state index contributed by atoms with van der Waals surface area (Å²) in [7, 11) is 2.03. The van der Waals surface area contributed by atoms with Crippen LogP contribution in [0.2, 0.25) is 0 Å². The van der Waals surface area contributed by atoms with Crippen LogP contribution in [-0.4, -0.2) is 16.5 Å². The van der Waals surface area contributed by atoms with E-state index in [1.54, 1.807) is 12.1 Å². The SMILES string of the molecule is Cc1cccc(C(=O)Nc2ccc3c(c2)C[C@@H](NCc2cccn2C)C3)c1-c1ccc(C(F)(F)F)cc1. The van der Waals surface area contributed by atoms with E-state index in [1.807, 2.05) is 44.4 Å². The third kappa shape index (κ3) is 5.32. The molecule has 0 saturated carbocycles. The summed E-state index contributed by atoms with van der Waals surface area (Å²) < 4.78 is 41.2. The standard InChI is InChI=1S/C30H28F3N3O/c1-19-5-3-7-27(28(19)20-8-11-23(12-9-20)30(31,32)33)29(37)35-24-13-10-21-15-25(17-22(21)16-24)34-18-26-6-4-14-36(26)2/h3-14,16,25,34H,15,17-18H2,1-2H3,(H,35,37)/t25-/m0/s1. The topological polar surface area (TPSA) is 46.1 Å². The van der Waals surface area contributed by atoms with E-state index < -0.39 is 11.7 Å². The summed E-state index contributed by atoms with van der Waals surface area (Å²) in [5, 5.41) is 6.62.